The van der Waals surface area contributed by atoms with E-state index in [1.165, 1.54) is 0 Å². The first-order valence-corrected chi connectivity index (χ1v) is 3.26. The molecule has 0 aliphatic rings. The molecular weight excluding hydrogens is 130 g/mol. The lowest BCUT2D eigenvalue weighted by Crippen LogP contribution is -2.05. The van der Waals surface area contributed by atoms with E-state index in [0.717, 1.165) is 0 Å². The third-order valence-electron chi connectivity index (χ3n) is 0.890. The maximum atomic E-state index is 5.23. The molecule has 10 heavy (non-hydrogen) atoms. The van der Waals surface area contributed by atoms with Gasteiger partial charge in [-0.1, -0.05) is 13.8 Å². The summed E-state index contributed by atoms with van der Waals surface area (Å²) >= 11 is 0. The molecule has 1 aromatic rings. The number of nitrogens with two attached hydrogens (primary N) is 1. The van der Waals surface area contributed by atoms with Crippen molar-refractivity contribution >= 4 is 0 Å². The number of aromatic nitrogens is 4. The summed E-state index contributed by atoms with van der Waals surface area (Å²) in [6.07, 6.45) is 0. The molecule has 0 aliphatic carbocycles. The largest absolute Gasteiger partial charge is 0.324 e. The SMILES string of the molecule is CC.Cn1nnnc1CN.[HH]. The number of nitrogens with zero attached hydrogens (tertiary/aromatic N) is 4. The Labute approximate surface area is 61.7 Å². The van der Waals surface area contributed by atoms with Gasteiger partial charge in [-0.2, -0.15) is 0 Å². The van der Waals surface area contributed by atoms with Gasteiger partial charge < -0.3 is 5.73 Å². The van der Waals surface area contributed by atoms with Gasteiger partial charge in [-0.15, -0.1) is 5.10 Å². The van der Waals surface area contributed by atoms with Crippen molar-refractivity contribution in [3.63, 3.8) is 0 Å². The lowest BCUT2D eigenvalue weighted by atomic mass is 10.6. The number of hydrogen-bond acceptors (Lipinski definition) is 4. The Balaban J connectivity index is 0. The Morgan fingerprint density at radius 2 is 2.20 bits per heavy atom. The second-order valence-electron chi connectivity index (χ2n) is 1.42. The van der Waals surface area contributed by atoms with Gasteiger partial charge in [0.2, 0.25) is 0 Å². The van der Waals surface area contributed by atoms with Crippen LogP contribution >= 0.6 is 0 Å². The second kappa shape index (κ2) is 4.87. The Morgan fingerprint density at radius 3 is 2.40 bits per heavy atom. The molecule has 0 amide bonds. The minimum atomic E-state index is 0. The maximum Gasteiger partial charge on any atom is 0.164 e. The summed E-state index contributed by atoms with van der Waals surface area (Å²) in [4.78, 5) is 0. The van der Waals surface area contributed by atoms with E-state index in [0.29, 0.717) is 12.4 Å². The van der Waals surface area contributed by atoms with Gasteiger partial charge in [0.15, 0.2) is 5.82 Å². The normalized spacial score (nSPS) is 8.40. The quantitative estimate of drug-likeness (QED) is 0.601. The molecule has 0 aromatic carbocycles. The first kappa shape index (κ1) is 9.03. The zero-order valence-electron chi connectivity index (χ0n) is 6.57. The van der Waals surface area contributed by atoms with E-state index in [2.05, 4.69) is 15.5 Å². The Bertz CT molecular complexity index is 175. The summed E-state index contributed by atoms with van der Waals surface area (Å²) in [6.45, 7) is 4.39. The molecule has 1 aromatic heterocycles. The minimum Gasteiger partial charge on any atom is -0.324 e. The fourth-order valence-corrected chi connectivity index (χ4v) is 0.421. The van der Waals surface area contributed by atoms with Gasteiger partial charge >= 0.3 is 0 Å². The Morgan fingerprint density at radius 1 is 1.60 bits per heavy atom. The monoisotopic (exact) mass is 145 g/mol. The van der Waals surface area contributed by atoms with Gasteiger partial charge in [0.1, 0.15) is 0 Å². The topological polar surface area (TPSA) is 69.6 Å². The van der Waals surface area contributed by atoms with E-state index in [-0.39, 0.29) is 1.43 Å². The zero-order valence-corrected chi connectivity index (χ0v) is 6.57. The van der Waals surface area contributed by atoms with E-state index >= 15 is 0 Å². The fraction of sp³-hybridized carbons (Fsp3) is 0.800. The van der Waals surface area contributed by atoms with Crippen LogP contribution in [0.25, 0.3) is 0 Å². The molecule has 0 bridgehead atoms. The smallest absolute Gasteiger partial charge is 0.164 e. The third kappa shape index (κ3) is 2.10. The predicted molar refractivity (Wildman–Crippen MR) is 40.2 cm³/mol. The molecule has 1 heterocycles. The van der Waals surface area contributed by atoms with E-state index < -0.39 is 0 Å². The highest BCUT2D eigenvalue weighted by Gasteiger charge is 1.94. The summed E-state index contributed by atoms with van der Waals surface area (Å²) in [5.41, 5.74) is 5.23. The molecule has 0 spiro atoms. The van der Waals surface area contributed by atoms with Crippen molar-refractivity contribution in [2.45, 2.75) is 20.4 Å². The number of rotatable bonds is 1. The highest BCUT2D eigenvalue weighted by molar-refractivity contribution is 4.75. The molecule has 2 N–H and O–H groups in total. The molecule has 0 aliphatic heterocycles. The van der Waals surface area contributed by atoms with Crippen molar-refractivity contribution in [3.8, 4) is 0 Å². The van der Waals surface area contributed by atoms with E-state index in [9.17, 15) is 0 Å². The van der Waals surface area contributed by atoms with Crippen LogP contribution in [-0.4, -0.2) is 20.2 Å². The highest BCUT2D eigenvalue weighted by atomic mass is 15.5. The van der Waals surface area contributed by atoms with Crippen LogP contribution < -0.4 is 5.73 Å². The average molecular weight is 145 g/mol. The van der Waals surface area contributed by atoms with Crippen molar-refractivity contribution in [1.29, 1.82) is 0 Å². The first-order valence-electron chi connectivity index (χ1n) is 3.26. The van der Waals surface area contributed by atoms with Crippen LogP contribution in [0.2, 0.25) is 0 Å². The fourth-order valence-electron chi connectivity index (χ4n) is 0.421. The van der Waals surface area contributed by atoms with Crippen LogP contribution in [0.15, 0.2) is 0 Å². The second-order valence-corrected chi connectivity index (χ2v) is 1.42. The van der Waals surface area contributed by atoms with Crippen LogP contribution in [-0.2, 0) is 13.6 Å². The van der Waals surface area contributed by atoms with Gasteiger partial charge in [0.25, 0.3) is 0 Å². The summed E-state index contributed by atoms with van der Waals surface area (Å²) in [5.74, 6) is 0.699. The average Bonchev–Trinajstić information content (AvgIpc) is 2.39. The van der Waals surface area contributed by atoms with Crippen LogP contribution in [0.3, 0.4) is 0 Å². The number of aryl methyl sites for hydroxylation is 1. The van der Waals surface area contributed by atoms with Crippen LogP contribution in [0, 0.1) is 0 Å². The summed E-state index contributed by atoms with van der Waals surface area (Å²) < 4.78 is 1.54. The van der Waals surface area contributed by atoms with Crippen molar-refractivity contribution in [3.05, 3.63) is 5.82 Å². The van der Waals surface area contributed by atoms with E-state index in [1.54, 1.807) is 11.7 Å². The number of tetrazole rings is 1. The van der Waals surface area contributed by atoms with Gasteiger partial charge in [-0.05, 0) is 10.4 Å². The minimum absolute atomic E-state index is 0. The van der Waals surface area contributed by atoms with E-state index in [1.807, 2.05) is 13.8 Å². The van der Waals surface area contributed by atoms with Gasteiger partial charge in [0, 0.05) is 8.47 Å². The molecule has 0 fully saturated rings. The molecule has 1 rings (SSSR count). The molecule has 0 unspecified atom stereocenters. The zero-order chi connectivity index (χ0) is 7.98. The lowest BCUT2D eigenvalue weighted by molar-refractivity contribution is 0.678. The lowest BCUT2D eigenvalue weighted by Gasteiger charge is -1.87. The van der Waals surface area contributed by atoms with E-state index in [4.69, 9.17) is 5.73 Å². The Kier molecular flexibility index (Phi) is 4.39. The summed E-state index contributed by atoms with van der Waals surface area (Å²) in [6, 6.07) is 0. The van der Waals surface area contributed by atoms with Gasteiger partial charge in [0.05, 0.1) is 6.54 Å². The number of hydrogen-bond donors (Lipinski definition) is 1. The van der Waals surface area contributed by atoms with Crippen molar-refractivity contribution in [1.82, 2.24) is 20.2 Å². The molecule has 0 saturated carbocycles. The van der Waals surface area contributed by atoms with Gasteiger partial charge in [-0.25, -0.2) is 4.68 Å². The van der Waals surface area contributed by atoms with Gasteiger partial charge in [-0.3, -0.25) is 0 Å². The summed E-state index contributed by atoms with van der Waals surface area (Å²) in [5, 5.41) is 10.5. The highest BCUT2D eigenvalue weighted by Crippen LogP contribution is 1.81. The molecule has 5 nitrogen and oxygen atoms in total. The molecule has 0 radical (unpaired) electrons. The predicted octanol–water partition coefficient (Wildman–Crippen LogP) is -0.0590. The van der Waals surface area contributed by atoms with Crippen molar-refractivity contribution in [2.24, 2.45) is 12.8 Å². The first-order chi connectivity index (χ1) is 4.84. The standard InChI is InChI=1S/C3H7N5.C2H6.H2/c1-8-3(2-4)5-6-7-8;1-2;/h2,4H2,1H3;1-2H3;1H. The molecule has 60 valence electrons. The van der Waals surface area contributed by atoms with Crippen LogP contribution in [0.1, 0.15) is 21.1 Å². The molecule has 0 atom stereocenters. The molecule has 0 saturated heterocycles. The third-order valence-corrected chi connectivity index (χ3v) is 0.890. The van der Waals surface area contributed by atoms with Crippen molar-refractivity contribution in [2.75, 3.05) is 0 Å². The molecular formula is C5H15N5. The van der Waals surface area contributed by atoms with Crippen LogP contribution in [0.4, 0.5) is 0 Å². The maximum absolute atomic E-state index is 5.23. The summed E-state index contributed by atoms with van der Waals surface area (Å²) in [7, 11) is 1.75. The van der Waals surface area contributed by atoms with Crippen molar-refractivity contribution < 1.29 is 1.43 Å². The molecule has 5 heteroatoms. The Hall–Kier alpha value is -0.970. The van der Waals surface area contributed by atoms with Crippen LogP contribution in [0.5, 0.6) is 0 Å².